The van der Waals surface area contributed by atoms with Crippen LogP contribution in [0.5, 0.6) is 0 Å². The smallest absolute Gasteiger partial charge is 0.0311 e. The SMILES string of the molecule is CCCNC(CSc1ccccc1Br)Cc1ccsc1. The fourth-order valence-electron chi connectivity index (χ4n) is 1.98. The van der Waals surface area contributed by atoms with E-state index in [4.69, 9.17) is 0 Å². The van der Waals surface area contributed by atoms with Crippen LogP contribution in [-0.4, -0.2) is 18.3 Å². The summed E-state index contributed by atoms with van der Waals surface area (Å²) in [6.07, 6.45) is 2.29. The second-order valence-electron chi connectivity index (χ2n) is 4.73. The number of nitrogens with one attached hydrogen (secondary N) is 1. The van der Waals surface area contributed by atoms with Crippen LogP contribution in [0.3, 0.4) is 0 Å². The molecule has 1 unspecified atom stereocenters. The van der Waals surface area contributed by atoms with E-state index in [-0.39, 0.29) is 0 Å². The van der Waals surface area contributed by atoms with Gasteiger partial charge in [-0.05, 0) is 69.8 Å². The predicted molar refractivity (Wildman–Crippen MR) is 95.0 cm³/mol. The van der Waals surface area contributed by atoms with Gasteiger partial charge in [0.1, 0.15) is 0 Å². The van der Waals surface area contributed by atoms with E-state index in [9.17, 15) is 0 Å². The quantitative estimate of drug-likeness (QED) is 0.640. The van der Waals surface area contributed by atoms with E-state index in [1.807, 2.05) is 11.8 Å². The summed E-state index contributed by atoms with van der Waals surface area (Å²) in [6, 6.07) is 11.2. The van der Waals surface area contributed by atoms with Crippen LogP contribution < -0.4 is 5.32 Å². The van der Waals surface area contributed by atoms with Crippen molar-refractivity contribution in [1.29, 1.82) is 0 Å². The molecule has 0 bridgehead atoms. The molecule has 108 valence electrons. The molecule has 0 saturated carbocycles. The van der Waals surface area contributed by atoms with Crippen molar-refractivity contribution in [3.8, 4) is 0 Å². The Bertz CT molecular complexity index is 499. The lowest BCUT2D eigenvalue weighted by atomic mass is 10.1. The molecule has 0 aliphatic heterocycles. The molecule has 1 aromatic heterocycles. The number of hydrogen-bond donors (Lipinski definition) is 1. The fourth-order valence-corrected chi connectivity index (χ4v) is 4.29. The minimum absolute atomic E-state index is 0.529. The highest BCUT2D eigenvalue weighted by molar-refractivity contribution is 9.10. The molecule has 1 heterocycles. The zero-order chi connectivity index (χ0) is 14.2. The molecule has 0 aliphatic carbocycles. The van der Waals surface area contributed by atoms with Crippen LogP contribution in [0.1, 0.15) is 18.9 Å². The van der Waals surface area contributed by atoms with Crippen molar-refractivity contribution in [2.75, 3.05) is 12.3 Å². The third kappa shape index (κ3) is 5.24. The molecule has 1 nitrogen and oxygen atoms in total. The van der Waals surface area contributed by atoms with E-state index in [0.29, 0.717) is 6.04 Å². The molecule has 2 aromatic rings. The maximum absolute atomic E-state index is 3.67. The van der Waals surface area contributed by atoms with Gasteiger partial charge in [-0.2, -0.15) is 11.3 Å². The summed E-state index contributed by atoms with van der Waals surface area (Å²) in [7, 11) is 0. The van der Waals surface area contributed by atoms with Crippen molar-refractivity contribution in [3.05, 3.63) is 51.1 Å². The third-order valence-electron chi connectivity index (χ3n) is 3.02. The Balaban J connectivity index is 1.91. The van der Waals surface area contributed by atoms with Gasteiger partial charge in [0, 0.05) is 21.2 Å². The van der Waals surface area contributed by atoms with Crippen LogP contribution in [0.2, 0.25) is 0 Å². The molecule has 4 heteroatoms. The zero-order valence-corrected chi connectivity index (χ0v) is 14.9. The summed E-state index contributed by atoms with van der Waals surface area (Å²) in [6.45, 7) is 3.31. The second-order valence-corrected chi connectivity index (χ2v) is 7.42. The van der Waals surface area contributed by atoms with Crippen molar-refractivity contribution in [1.82, 2.24) is 5.32 Å². The van der Waals surface area contributed by atoms with Gasteiger partial charge in [0.05, 0.1) is 0 Å². The van der Waals surface area contributed by atoms with Crippen molar-refractivity contribution >= 4 is 39.0 Å². The van der Waals surface area contributed by atoms with Crippen molar-refractivity contribution in [2.24, 2.45) is 0 Å². The molecular formula is C16H20BrNS2. The van der Waals surface area contributed by atoms with Crippen LogP contribution >= 0.6 is 39.0 Å². The van der Waals surface area contributed by atoms with Crippen LogP contribution in [0.15, 0.2) is 50.5 Å². The highest BCUT2D eigenvalue weighted by Crippen LogP contribution is 2.28. The molecule has 2 rings (SSSR count). The van der Waals surface area contributed by atoms with Crippen LogP contribution in [0, 0.1) is 0 Å². The molecule has 0 amide bonds. The first-order valence-corrected chi connectivity index (χ1v) is 9.63. The summed E-state index contributed by atoms with van der Waals surface area (Å²) in [5, 5.41) is 8.08. The number of thioether (sulfide) groups is 1. The summed E-state index contributed by atoms with van der Waals surface area (Å²) < 4.78 is 1.19. The summed E-state index contributed by atoms with van der Waals surface area (Å²) in [5.41, 5.74) is 1.44. The Morgan fingerprint density at radius 2 is 2.15 bits per heavy atom. The first-order chi connectivity index (χ1) is 9.79. The molecular weight excluding hydrogens is 350 g/mol. The number of rotatable bonds is 8. The molecule has 1 atom stereocenters. The highest BCUT2D eigenvalue weighted by atomic mass is 79.9. The van der Waals surface area contributed by atoms with Gasteiger partial charge in [-0.25, -0.2) is 0 Å². The van der Waals surface area contributed by atoms with Gasteiger partial charge in [-0.15, -0.1) is 11.8 Å². The third-order valence-corrected chi connectivity index (χ3v) is 5.94. The zero-order valence-electron chi connectivity index (χ0n) is 11.6. The molecule has 0 aliphatic rings. The van der Waals surface area contributed by atoms with Crippen LogP contribution in [0.4, 0.5) is 0 Å². The van der Waals surface area contributed by atoms with Crippen molar-refractivity contribution in [2.45, 2.75) is 30.7 Å². The van der Waals surface area contributed by atoms with Gasteiger partial charge in [0.25, 0.3) is 0 Å². The van der Waals surface area contributed by atoms with Gasteiger partial charge in [0.15, 0.2) is 0 Å². The van der Waals surface area contributed by atoms with E-state index < -0.39 is 0 Å². The highest BCUT2D eigenvalue weighted by Gasteiger charge is 2.11. The first kappa shape index (κ1) is 16.1. The summed E-state index contributed by atoms with van der Waals surface area (Å²) in [5.74, 6) is 1.10. The first-order valence-electron chi connectivity index (χ1n) is 6.91. The van der Waals surface area contributed by atoms with Crippen LogP contribution in [0.25, 0.3) is 0 Å². The molecule has 1 N–H and O–H groups in total. The van der Waals surface area contributed by atoms with E-state index in [1.54, 1.807) is 11.3 Å². The minimum Gasteiger partial charge on any atom is -0.313 e. The fraction of sp³-hybridized carbons (Fsp3) is 0.375. The number of hydrogen-bond acceptors (Lipinski definition) is 3. The Morgan fingerprint density at radius 1 is 1.30 bits per heavy atom. The Kier molecular flexibility index (Phi) is 7.14. The largest absolute Gasteiger partial charge is 0.313 e. The molecule has 1 aromatic carbocycles. The normalized spacial score (nSPS) is 12.5. The maximum Gasteiger partial charge on any atom is 0.0311 e. The number of thiophene rings is 1. The van der Waals surface area contributed by atoms with Gasteiger partial charge >= 0.3 is 0 Å². The Morgan fingerprint density at radius 3 is 2.85 bits per heavy atom. The lowest BCUT2D eigenvalue weighted by Crippen LogP contribution is -2.33. The minimum atomic E-state index is 0.529. The monoisotopic (exact) mass is 369 g/mol. The molecule has 0 radical (unpaired) electrons. The second kappa shape index (κ2) is 8.88. The van der Waals surface area contributed by atoms with Crippen molar-refractivity contribution < 1.29 is 0 Å². The topological polar surface area (TPSA) is 12.0 Å². The average molecular weight is 370 g/mol. The Labute approximate surface area is 138 Å². The van der Waals surface area contributed by atoms with Gasteiger partial charge in [0.2, 0.25) is 0 Å². The van der Waals surface area contributed by atoms with Gasteiger partial charge < -0.3 is 5.32 Å². The molecule has 0 spiro atoms. The maximum atomic E-state index is 3.67. The molecule has 0 saturated heterocycles. The predicted octanol–water partition coefficient (Wildman–Crippen LogP) is 5.21. The van der Waals surface area contributed by atoms with E-state index in [1.165, 1.54) is 21.4 Å². The van der Waals surface area contributed by atoms with Crippen LogP contribution in [-0.2, 0) is 6.42 Å². The molecule has 0 fully saturated rings. The van der Waals surface area contributed by atoms with Gasteiger partial charge in [-0.3, -0.25) is 0 Å². The lowest BCUT2D eigenvalue weighted by Gasteiger charge is -2.18. The number of benzene rings is 1. The average Bonchev–Trinajstić information content (AvgIpc) is 2.96. The summed E-state index contributed by atoms with van der Waals surface area (Å²) in [4.78, 5) is 1.32. The van der Waals surface area contributed by atoms with Crippen molar-refractivity contribution in [3.63, 3.8) is 0 Å². The standard InChI is InChI=1S/C16H20BrNS2/c1-2-8-18-14(10-13-7-9-19-11-13)12-20-16-6-4-3-5-15(16)17/h3-7,9,11,14,18H,2,8,10,12H2,1H3. The van der Waals surface area contributed by atoms with E-state index in [0.717, 1.165) is 18.7 Å². The van der Waals surface area contributed by atoms with Gasteiger partial charge in [-0.1, -0.05) is 19.1 Å². The van der Waals surface area contributed by atoms with E-state index in [2.05, 4.69) is 69.3 Å². The van der Waals surface area contributed by atoms with E-state index >= 15 is 0 Å². The summed E-state index contributed by atoms with van der Waals surface area (Å²) >= 11 is 7.32. The lowest BCUT2D eigenvalue weighted by molar-refractivity contribution is 0.550. The number of halogens is 1. The molecule has 20 heavy (non-hydrogen) atoms. The Hall–Kier alpha value is -0.290.